The van der Waals surface area contributed by atoms with Gasteiger partial charge in [-0.3, -0.25) is 33.4 Å². The number of hydrogen-bond acceptors (Lipinski definition) is 12. The molecule has 0 aliphatic carbocycles. The van der Waals surface area contributed by atoms with Gasteiger partial charge in [-0.25, -0.2) is 8.78 Å². The van der Waals surface area contributed by atoms with Gasteiger partial charge in [-0.1, -0.05) is 114 Å². The van der Waals surface area contributed by atoms with E-state index in [1.54, 1.807) is 46.4 Å². The highest BCUT2D eigenvalue weighted by molar-refractivity contribution is 8.14. The molecule has 3 saturated heterocycles. The van der Waals surface area contributed by atoms with Crippen molar-refractivity contribution in [1.29, 1.82) is 5.26 Å². The predicted molar refractivity (Wildman–Crippen MR) is 263 cm³/mol. The van der Waals surface area contributed by atoms with Gasteiger partial charge in [-0.15, -0.1) is 0 Å². The lowest BCUT2D eigenvalue weighted by molar-refractivity contribution is -0.148. The quantitative estimate of drug-likeness (QED) is 0.0822. The number of nitriles is 1. The van der Waals surface area contributed by atoms with Gasteiger partial charge < -0.3 is 24.2 Å². The number of thioether (sulfide) groups is 2. The van der Waals surface area contributed by atoms with Crippen LogP contribution < -0.4 is 5.32 Å². The zero-order valence-electron chi connectivity index (χ0n) is 40.3. The van der Waals surface area contributed by atoms with E-state index in [1.807, 2.05) is 30.3 Å². The first kappa shape index (κ1) is 55.0. The molecule has 380 valence electrons. The van der Waals surface area contributed by atoms with E-state index < -0.39 is 91.7 Å². The first-order valence-corrected chi connectivity index (χ1v) is 27.0. The van der Waals surface area contributed by atoms with E-state index >= 15 is 8.78 Å². The Balaban J connectivity index is 1.22. The minimum Gasteiger partial charge on any atom is -0.340 e. The van der Waals surface area contributed by atoms with Crippen LogP contribution in [-0.4, -0.2) is 125 Å². The summed E-state index contributed by atoms with van der Waals surface area (Å²) in [7, 11) is -5.36. The molecular formula is C50H62F4N5O8PS2. The lowest BCUT2D eigenvalue weighted by atomic mass is 9.81. The van der Waals surface area contributed by atoms with Crippen molar-refractivity contribution in [2.24, 2.45) is 16.7 Å². The Labute approximate surface area is 415 Å². The van der Waals surface area contributed by atoms with Crippen molar-refractivity contribution in [3.63, 3.8) is 0 Å². The van der Waals surface area contributed by atoms with Crippen LogP contribution in [0.1, 0.15) is 94.6 Å². The van der Waals surface area contributed by atoms with E-state index in [1.165, 1.54) is 34.1 Å². The van der Waals surface area contributed by atoms with Crippen LogP contribution in [0, 0.1) is 28.1 Å². The van der Waals surface area contributed by atoms with E-state index in [2.05, 4.69) is 11.4 Å². The van der Waals surface area contributed by atoms with Crippen LogP contribution in [0.5, 0.6) is 0 Å². The highest BCUT2D eigenvalue weighted by atomic mass is 32.2. The molecule has 3 heterocycles. The summed E-state index contributed by atoms with van der Waals surface area (Å²) in [5, 5.41) is 12.9. The number of rotatable bonds is 16. The minimum atomic E-state index is -5.36. The Morgan fingerprint density at radius 2 is 1.46 bits per heavy atom. The summed E-state index contributed by atoms with van der Waals surface area (Å²) < 4.78 is 85.9. The third-order valence-electron chi connectivity index (χ3n) is 12.8. The number of amides is 3. The molecule has 3 fully saturated rings. The molecule has 0 unspecified atom stereocenters. The fourth-order valence-electron chi connectivity index (χ4n) is 8.93. The number of piperidine rings is 1. The molecule has 6 rings (SSSR count). The number of carbonyl (C=O) groups is 5. The summed E-state index contributed by atoms with van der Waals surface area (Å²) in [5.41, 5.74) is -5.53. The Hall–Kier alpha value is -4.31. The molecule has 3 aromatic rings. The van der Waals surface area contributed by atoms with Crippen LogP contribution in [0.15, 0.2) is 66.7 Å². The van der Waals surface area contributed by atoms with Crippen LogP contribution in [0.3, 0.4) is 0 Å². The maximum atomic E-state index is 16.7. The molecule has 0 spiro atoms. The SMILES string of the molecule is CC(C)(C)C(=O)SCCOP(=O)(OCCSC(=O)C(C)(C)C)C(F)(F)c1ccc2ccc(C(=O)N[C@H]3CN(CC(F)F)CC[C@H]4CC[C@@H](C(=O)N5CC[C@H](c6ccccc6)[C@@H](C#N)C5)N4C3=O)cc2c1. The maximum absolute atomic E-state index is 16.7. The number of halogens is 4. The summed E-state index contributed by atoms with van der Waals surface area (Å²) in [4.78, 5) is 72.6. The maximum Gasteiger partial charge on any atom is 0.404 e. The molecule has 0 radical (unpaired) electrons. The van der Waals surface area contributed by atoms with E-state index in [4.69, 9.17) is 9.05 Å². The van der Waals surface area contributed by atoms with Gasteiger partial charge in [0.25, 0.3) is 12.3 Å². The zero-order chi connectivity index (χ0) is 51.2. The zero-order valence-corrected chi connectivity index (χ0v) is 42.9. The number of fused-ring (bicyclic) bond motifs is 2. The van der Waals surface area contributed by atoms with Crippen molar-refractivity contribution >= 4 is 69.8 Å². The second-order valence-corrected chi connectivity index (χ2v) is 24.2. The molecule has 20 heteroatoms. The molecule has 0 aromatic heterocycles. The van der Waals surface area contributed by atoms with E-state index in [0.29, 0.717) is 37.6 Å². The fourth-order valence-corrected chi connectivity index (χ4v) is 12.3. The molecule has 3 aliphatic rings. The molecule has 5 atom stereocenters. The number of likely N-dealkylation sites (tertiary alicyclic amines) is 1. The van der Waals surface area contributed by atoms with Gasteiger partial charge in [0.1, 0.15) is 12.1 Å². The third kappa shape index (κ3) is 13.2. The van der Waals surface area contributed by atoms with Crippen LogP contribution in [-0.2, 0) is 38.5 Å². The average molecular weight is 1030 g/mol. The van der Waals surface area contributed by atoms with Crippen molar-refractivity contribution in [2.45, 2.75) is 103 Å². The molecular weight excluding hydrogens is 970 g/mol. The molecule has 0 saturated carbocycles. The predicted octanol–water partition coefficient (Wildman–Crippen LogP) is 9.31. The monoisotopic (exact) mass is 1030 g/mol. The number of hydrogen-bond donors (Lipinski definition) is 1. The summed E-state index contributed by atoms with van der Waals surface area (Å²) in [6, 6.07) is 16.9. The molecule has 3 aromatic carbocycles. The van der Waals surface area contributed by atoms with E-state index in [-0.39, 0.29) is 64.1 Å². The number of nitrogens with zero attached hydrogens (tertiary/aromatic N) is 4. The average Bonchev–Trinajstić information content (AvgIpc) is 3.74. The summed E-state index contributed by atoms with van der Waals surface area (Å²) in [6.45, 7) is 8.90. The van der Waals surface area contributed by atoms with Crippen molar-refractivity contribution in [3.05, 3.63) is 83.4 Å². The Kier molecular flexibility index (Phi) is 18.1. The van der Waals surface area contributed by atoms with Crippen LogP contribution in [0.2, 0.25) is 0 Å². The number of carbonyl (C=O) groups excluding carboxylic acids is 5. The molecule has 0 bridgehead atoms. The Bertz CT molecular complexity index is 2450. The van der Waals surface area contributed by atoms with Crippen LogP contribution >= 0.6 is 31.1 Å². The van der Waals surface area contributed by atoms with Gasteiger partial charge >= 0.3 is 13.3 Å². The van der Waals surface area contributed by atoms with Crippen molar-refractivity contribution in [3.8, 4) is 6.07 Å². The van der Waals surface area contributed by atoms with Gasteiger partial charge in [0.05, 0.1) is 31.7 Å². The molecule has 3 amide bonds. The Morgan fingerprint density at radius 3 is 2.06 bits per heavy atom. The topological polar surface area (TPSA) is 166 Å². The number of nitrogens with one attached hydrogen (secondary N) is 1. The second-order valence-electron chi connectivity index (χ2n) is 20.0. The fraction of sp³-hybridized carbons (Fsp3) is 0.560. The normalized spacial score (nSPS) is 21.8. The first-order chi connectivity index (χ1) is 32.9. The van der Waals surface area contributed by atoms with Gasteiger partial charge in [-0.05, 0) is 60.2 Å². The number of benzene rings is 3. The standard InChI is InChI=1S/C50H62F4N5O8PS2/c1-48(2,3)46(63)69-24-22-66-68(65,67-23-25-70-47(64)49(4,5)6)50(53,54)37-15-14-32-12-13-34(26-35(32)27-37)43(60)56-40-30-57(31-42(51)52)20-18-38-16-17-41(59(38)44(40)61)45(62)58-21-19-39(36(28-55)29-58)33-10-8-7-9-11-33/h7-15,26-27,36,38-42H,16-25,29-31H2,1-6H3,(H,56,60)/t36-,38+,39+,40-,41-/m0/s1. The highest BCUT2D eigenvalue weighted by Crippen LogP contribution is 2.67. The van der Waals surface area contributed by atoms with Gasteiger partial charge in [0, 0.05) is 71.6 Å². The summed E-state index contributed by atoms with van der Waals surface area (Å²) >= 11 is 1.68. The highest BCUT2D eigenvalue weighted by Gasteiger charge is 2.55. The van der Waals surface area contributed by atoms with Gasteiger partial charge in [0.15, 0.2) is 10.2 Å². The summed E-state index contributed by atoms with van der Waals surface area (Å²) in [5.74, 6) is -2.49. The second kappa shape index (κ2) is 23.1. The molecule has 70 heavy (non-hydrogen) atoms. The van der Waals surface area contributed by atoms with Crippen molar-refractivity contribution in [1.82, 2.24) is 20.0 Å². The third-order valence-corrected chi connectivity index (χ3v) is 17.2. The lowest BCUT2D eigenvalue weighted by Crippen LogP contribution is -2.61. The Morgan fingerprint density at radius 1 is 0.829 bits per heavy atom. The number of alkyl halides is 4. The largest absolute Gasteiger partial charge is 0.404 e. The van der Waals surface area contributed by atoms with Gasteiger partial charge in [0.2, 0.25) is 11.8 Å². The molecule has 3 aliphatic heterocycles. The first-order valence-electron chi connectivity index (χ1n) is 23.5. The van der Waals surface area contributed by atoms with Crippen LogP contribution in [0.4, 0.5) is 17.6 Å². The molecule has 1 N–H and O–H groups in total. The van der Waals surface area contributed by atoms with E-state index in [9.17, 15) is 42.6 Å². The summed E-state index contributed by atoms with van der Waals surface area (Å²) in [6.07, 6.45) is -1.12. The van der Waals surface area contributed by atoms with Crippen LogP contribution in [0.25, 0.3) is 10.8 Å². The van der Waals surface area contributed by atoms with Gasteiger partial charge in [-0.2, -0.15) is 14.0 Å². The minimum absolute atomic E-state index is 0.0607. The molecule has 13 nitrogen and oxygen atoms in total. The van der Waals surface area contributed by atoms with Crippen molar-refractivity contribution < 1.29 is 55.1 Å². The van der Waals surface area contributed by atoms with Crippen molar-refractivity contribution in [2.75, 3.05) is 57.4 Å². The van der Waals surface area contributed by atoms with E-state index in [0.717, 1.165) is 41.2 Å². The smallest absolute Gasteiger partial charge is 0.340 e. The lowest BCUT2D eigenvalue weighted by Gasteiger charge is -2.41.